The predicted molar refractivity (Wildman–Crippen MR) is 166 cm³/mol. The van der Waals surface area contributed by atoms with E-state index >= 15 is 0 Å². The summed E-state index contributed by atoms with van der Waals surface area (Å²) in [7, 11) is 0. The van der Waals surface area contributed by atoms with Gasteiger partial charge in [-0.05, 0) is 118 Å². The number of nitriles is 1. The minimum Gasteiger partial charge on any atom is -0.444 e. The Hall–Kier alpha value is -2.98. The molecule has 248 valence electrons. The van der Waals surface area contributed by atoms with Crippen LogP contribution in [0.1, 0.15) is 105 Å². The molecule has 2 saturated heterocycles. The van der Waals surface area contributed by atoms with E-state index in [0.717, 1.165) is 62.1 Å². The van der Waals surface area contributed by atoms with E-state index in [9.17, 15) is 22.8 Å². The van der Waals surface area contributed by atoms with Gasteiger partial charge < -0.3 is 19.3 Å². The number of rotatable bonds is 6. The van der Waals surface area contributed by atoms with Gasteiger partial charge in [0.15, 0.2) is 10.8 Å². The number of hydrogen-bond acceptors (Lipinski definition) is 7. The number of piperidine rings is 1. The summed E-state index contributed by atoms with van der Waals surface area (Å²) >= 11 is 5.69. The van der Waals surface area contributed by atoms with Gasteiger partial charge in [0.1, 0.15) is 17.2 Å². The third-order valence-electron chi connectivity index (χ3n) is 9.09. The van der Waals surface area contributed by atoms with E-state index in [4.69, 9.17) is 27.0 Å². The number of halogens is 3. The van der Waals surface area contributed by atoms with Gasteiger partial charge in [-0.15, -0.1) is 0 Å². The smallest absolute Gasteiger partial charge is 0.419 e. The van der Waals surface area contributed by atoms with E-state index in [2.05, 4.69) is 4.98 Å². The van der Waals surface area contributed by atoms with E-state index in [1.807, 2.05) is 44.4 Å². The highest BCUT2D eigenvalue weighted by atomic mass is 32.1. The van der Waals surface area contributed by atoms with E-state index in [-0.39, 0.29) is 41.1 Å². The van der Waals surface area contributed by atoms with Crippen molar-refractivity contribution in [2.75, 3.05) is 11.5 Å². The van der Waals surface area contributed by atoms with Crippen LogP contribution in [0.25, 0.3) is 0 Å². The van der Waals surface area contributed by atoms with Crippen LogP contribution in [0.5, 0.6) is 0 Å². The molecule has 0 aromatic carbocycles. The van der Waals surface area contributed by atoms with Crippen molar-refractivity contribution in [2.24, 2.45) is 5.92 Å². The van der Waals surface area contributed by atoms with Crippen LogP contribution in [-0.2, 0) is 20.4 Å². The summed E-state index contributed by atoms with van der Waals surface area (Å²) in [4.78, 5) is 34.7. The van der Waals surface area contributed by atoms with E-state index < -0.39 is 34.5 Å². The van der Waals surface area contributed by atoms with E-state index in [1.54, 1.807) is 13.8 Å². The number of aromatic nitrogens is 1. The monoisotopic (exact) mass is 651 g/mol. The Morgan fingerprint density at radius 1 is 1.13 bits per heavy atom. The molecule has 1 aromatic heterocycles. The molecule has 0 bridgehead atoms. The number of ether oxygens (including phenoxy) is 2. The number of thiocarbonyl (C=S) groups is 1. The van der Waals surface area contributed by atoms with Gasteiger partial charge in [0.2, 0.25) is 0 Å². The number of hydrogen-bond donors (Lipinski definition) is 0. The maximum atomic E-state index is 13.6. The average molecular weight is 652 g/mol. The molecule has 0 radical (unpaired) electrons. The number of carbonyl (C=O) groups is 2. The number of nitrogens with zero attached hydrogens (tertiary/aromatic N) is 5. The van der Waals surface area contributed by atoms with Gasteiger partial charge in [-0.25, -0.2) is 9.78 Å². The standard InChI is InChI=1S/C32H44F3N5O4S/c1-19-14-24(15-20(2)38(19)29(42)44-30(3,4)5)43-13-12-21-8-10-22(11-9-21)40-28(45)39(27(41)31(40,6)7)23-16-25(32(33,34)35)26(17-36)37-18-23/h16,18-22,24H,8-15H2,1-7H3/t19-,20+,21-,22-,24?. The molecule has 1 aromatic rings. The number of anilines is 1. The molecule has 1 saturated carbocycles. The highest BCUT2D eigenvalue weighted by Gasteiger charge is 2.53. The molecule has 3 aliphatic rings. The van der Waals surface area contributed by atoms with Crippen molar-refractivity contribution in [1.82, 2.24) is 14.8 Å². The van der Waals surface area contributed by atoms with Crippen LogP contribution >= 0.6 is 12.2 Å². The third kappa shape index (κ3) is 7.54. The first-order valence-corrected chi connectivity index (χ1v) is 16.0. The zero-order valence-electron chi connectivity index (χ0n) is 27.1. The van der Waals surface area contributed by atoms with Crippen LogP contribution in [0.3, 0.4) is 0 Å². The molecule has 3 fully saturated rings. The van der Waals surface area contributed by atoms with Gasteiger partial charge in [0.25, 0.3) is 5.91 Å². The minimum atomic E-state index is -4.80. The molecule has 2 aliphatic heterocycles. The Labute approximate surface area is 269 Å². The number of amides is 2. The number of pyridine rings is 1. The molecule has 3 atom stereocenters. The molecule has 3 heterocycles. The largest absolute Gasteiger partial charge is 0.444 e. The molecule has 9 nitrogen and oxygen atoms in total. The van der Waals surface area contributed by atoms with Crippen LogP contribution < -0.4 is 4.90 Å². The van der Waals surface area contributed by atoms with E-state index in [0.29, 0.717) is 12.5 Å². The summed E-state index contributed by atoms with van der Waals surface area (Å²) < 4.78 is 52.7. The number of carbonyl (C=O) groups excluding carboxylic acids is 2. The highest BCUT2D eigenvalue weighted by molar-refractivity contribution is 7.80. The van der Waals surface area contributed by atoms with Crippen molar-refractivity contribution in [1.29, 1.82) is 5.26 Å². The Balaban J connectivity index is 1.31. The zero-order valence-corrected chi connectivity index (χ0v) is 27.9. The third-order valence-corrected chi connectivity index (χ3v) is 9.47. The average Bonchev–Trinajstić information content (AvgIpc) is 3.09. The minimum absolute atomic E-state index is 0.0130. The van der Waals surface area contributed by atoms with Crippen molar-refractivity contribution >= 4 is 35.0 Å². The van der Waals surface area contributed by atoms with Gasteiger partial charge in [-0.1, -0.05) is 0 Å². The molecule has 0 spiro atoms. The van der Waals surface area contributed by atoms with Gasteiger partial charge in [-0.2, -0.15) is 18.4 Å². The maximum absolute atomic E-state index is 13.6. The lowest BCUT2D eigenvalue weighted by Crippen LogP contribution is -2.53. The molecular formula is C32H44F3N5O4S. The molecule has 4 rings (SSSR count). The van der Waals surface area contributed by atoms with Crippen molar-refractivity contribution in [3.63, 3.8) is 0 Å². The molecule has 2 amide bonds. The number of likely N-dealkylation sites (tertiary alicyclic amines) is 1. The fourth-order valence-corrected chi connectivity index (χ4v) is 7.52. The molecule has 13 heteroatoms. The quantitative estimate of drug-likeness (QED) is 0.309. The van der Waals surface area contributed by atoms with Crippen molar-refractivity contribution < 1.29 is 32.2 Å². The molecule has 0 N–H and O–H groups in total. The first-order chi connectivity index (χ1) is 20.8. The Morgan fingerprint density at radius 3 is 2.27 bits per heavy atom. The van der Waals surface area contributed by atoms with Crippen LogP contribution in [0.2, 0.25) is 0 Å². The highest BCUT2D eigenvalue weighted by Crippen LogP contribution is 2.41. The molecule has 1 aliphatic carbocycles. The van der Waals surface area contributed by atoms with Crippen molar-refractivity contribution in [3.8, 4) is 6.07 Å². The second-order valence-corrected chi connectivity index (χ2v) is 14.4. The Kier molecular flexibility index (Phi) is 10.1. The second kappa shape index (κ2) is 13.0. The van der Waals surface area contributed by atoms with Gasteiger partial charge in [0, 0.05) is 24.7 Å². The van der Waals surface area contributed by atoms with Crippen LogP contribution in [0.15, 0.2) is 12.3 Å². The van der Waals surface area contributed by atoms with Crippen molar-refractivity contribution in [3.05, 3.63) is 23.5 Å². The molecule has 45 heavy (non-hydrogen) atoms. The van der Waals surface area contributed by atoms with Gasteiger partial charge >= 0.3 is 12.3 Å². The zero-order chi connectivity index (χ0) is 33.5. The van der Waals surface area contributed by atoms with Gasteiger partial charge in [-0.3, -0.25) is 9.69 Å². The van der Waals surface area contributed by atoms with Gasteiger partial charge in [0.05, 0.1) is 23.6 Å². The Morgan fingerprint density at radius 2 is 1.73 bits per heavy atom. The summed E-state index contributed by atoms with van der Waals surface area (Å²) in [6.45, 7) is 13.7. The first-order valence-electron chi connectivity index (χ1n) is 15.6. The van der Waals surface area contributed by atoms with Crippen LogP contribution in [0.4, 0.5) is 23.7 Å². The summed E-state index contributed by atoms with van der Waals surface area (Å²) in [6.07, 6.45) is 1.88. The lowest BCUT2D eigenvalue weighted by molar-refractivity contribution is -0.138. The van der Waals surface area contributed by atoms with Crippen molar-refractivity contribution in [2.45, 2.75) is 135 Å². The fraction of sp³-hybridized carbons (Fsp3) is 0.719. The van der Waals surface area contributed by atoms with Crippen LogP contribution in [-0.4, -0.2) is 73.9 Å². The summed E-state index contributed by atoms with van der Waals surface area (Å²) in [5, 5.41) is 9.26. The topological polar surface area (TPSA) is 99.0 Å². The normalized spacial score (nSPS) is 27.5. The SMILES string of the molecule is C[C@@H]1CC(OCC[C@H]2CC[C@H](N3C(=S)N(c4cnc(C#N)c(C(F)(F)F)c4)C(=O)C3(C)C)CC2)C[C@H](C)N1C(=O)OC(C)(C)C. The summed E-state index contributed by atoms with van der Waals surface area (Å²) in [5.41, 5.74) is -3.65. The Bertz CT molecular complexity index is 1320. The van der Waals surface area contributed by atoms with Crippen LogP contribution in [0, 0.1) is 17.2 Å². The summed E-state index contributed by atoms with van der Waals surface area (Å²) in [6, 6.07) is 2.23. The lowest BCUT2D eigenvalue weighted by atomic mass is 9.82. The first kappa shape index (κ1) is 34.9. The number of alkyl halides is 3. The predicted octanol–water partition coefficient (Wildman–Crippen LogP) is 6.83. The maximum Gasteiger partial charge on any atom is 0.419 e. The summed E-state index contributed by atoms with van der Waals surface area (Å²) in [5.74, 6) is 0.0185. The molecule has 1 unspecified atom stereocenters. The fourth-order valence-electron chi connectivity index (χ4n) is 6.95. The van der Waals surface area contributed by atoms with E-state index in [1.165, 1.54) is 6.07 Å². The molecular weight excluding hydrogens is 607 g/mol. The second-order valence-electron chi connectivity index (χ2n) is 14.1. The lowest BCUT2D eigenvalue weighted by Gasteiger charge is -2.43.